The third-order valence-electron chi connectivity index (χ3n) is 4.20. The molecule has 3 aromatic rings. The van der Waals surface area contributed by atoms with Crippen LogP contribution in [-0.2, 0) is 0 Å². The number of aryl methyl sites for hydroxylation is 2. The zero-order chi connectivity index (χ0) is 20.4. The van der Waals surface area contributed by atoms with Gasteiger partial charge in [0.05, 0.1) is 16.3 Å². The molecule has 1 amide bonds. The number of carbonyl (C=O) groups is 1. The first-order valence-electron chi connectivity index (χ1n) is 8.48. The van der Waals surface area contributed by atoms with Crippen molar-refractivity contribution in [1.29, 1.82) is 0 Å². The Morgan fingerprint density at radius 2 is 1.75 bits per heavy atom. The molecule has 6 nitrogen and oxygen atoms in total. The van der Waals surface area contributed by atoms with Crippen molar-refractivity contribution in [3.8, 4) is 17.2 Å². The van der Waals surface area contributed by atoms with Crippen molar-refractivity contribution in [2.45, 2.75) is 13.8 Å². The van der Waals surface area contributed by atoms with E-state index in [0.717, 1.165) is 10.6 Å². The molecule has 0 bridgehead atoms. The van der Waals surface area contributed by atoms with Crippen LogP contribution in [0.3, 0.4) is 0 Å². The van der Waals surface area contributed by atoms with Crippen molar-refractivity contribution >= 4 is 28.9 Å². The van der Waals surface area contributed by atoms with E-state index in [4.69, 9.17) is 27.9 Å². The molecule has 5 N–H and O–H groups in total. The standard InChI is InChI=1S/C21H20ClN3O3/c1-12-9-13(2)20(26)17(10-12)21(27)25(24)15-5-8-19(18(22)11-15)28-16-6-3-14(23)4-7-16/h3-11,26H,23-24H2,1-2H3. The van der Waals surface area contributed by atoms with Crippen LogP contribution >= 0.6 is 11.6 Å². The van der Waals surface area contributed by atoms with Gasteiger partial charge in [-0.2, -0.15) is 0 Å². The zero-order valence-corrected chi connectivity index (χ0v) is 16.2. The molecule has 0 saturated heterocycles. The quantitative estimate of drug-likeness (QED) is 0.259. The van der Waals surface area contributed by atoms with Gasteiger partial charge in [-0.3, -0.25) is 4.79 Å². The Balaban J connectivity index is 1.85. The van der Waals surface area contributed by atoms with Gasteiger partial charge in [0.15, 0.2) is 0 Å². The van der Waals surface area contributed by atoms with Crippen LogP contribution in [0.25, 0.3) is 0 Å². The summed E-state index contributed by atoms with van der Waals surface area (Å²) < 4.78 is 5.72. The van der Waals surface area contributed by atoms with Crippen molar-refractivity contribution in [3.63, 3.8) is 0 Å². The molecule has 0 radical (unpaired) electrons. The summed E-state index contributed by atoms with van der Waals surface area (Å²) in [5.41, 5.74) is 8.21. The average molecular weight is 398 g/mol. The molecule has 0 unspecified atom stereocenters. The van der Waals surface area contributed by atoms with E-state index in [9.17, 15) is 9.90 Å². The topological polar surface area (TPSA) is 102 Å². The van der Waals surface area contributed by atoms with E-state index in [-0.39, 0.29) is 16.3 Å². The summed E-state index contributed by atoms with van der Waals surface area (Å²) in [5, 5.41) is 11.4. The van der Waals surface area contributed by atoms with Gasteiger partial charge in [-0.15, -0.1) is 0 Å². The molecule has 0 saturated carbocycles. The van der Waals surface area contributed by atoms with E-state index < -0.39 is 5.91 Å². The van der Waals surface area contributed by atoms with Crippen LogP contribution in [0.1, 0.15) is 21.5 Å². The van der Waals surface area contributed by atoms with Crippen molar-refractivity contribution in [3.05, 3.63) is 76.3 Å². The lowest BCUT2D eigenvalue weighted by Crippen LogP contribution is -2.37. The molecule has 0 spiro atoms. The molecule has 0 aliphatic carbocycles. The predicted octanol–water partition coefficient (Wildman–Crippen LogP) is 4.56. The highest BCUT2D eigenvalue weighted by Crippen LogP contribution is 2.33. The minimum absolute atomic E-state index is 0.0968. The first-order valence-corrected chi connectivity index (χ1v) is 8.86. The summed E-state index contributed by atoms with van der Waals surface area (Å²) in [6.45, 7) is 3.56. The number of rotatable bonds is 4. The Labute approximate surface area is 167 Å². The smallest absolute Gasteiger partial charge is 0.276 e. The molecule has 7 heteroatoms. The van der Waals surface area contributed by atoms with Crippen molar-refractivity contribution in [2.75, 3.05) is 10.7 Å². The zero-order valence-electron chi connectivity index (χ0n) is 15.4. The Hall–Kier alpha value is -3.22. The summed E-state index contributed by atoms with van der Waals surface area (Å²) in [7, 11) is 0. The molecule has 0 aromatic heterocycles. The number of anilines is 2. The molecule has 0 aliphatic rings. The van der Waals surface area contributed by atoms with Crippen LogP contribution in [0.15, 0.2) is 54.6 Å². The SMILES string of the molecule is Cc1cc(C)c(O)c(C(=O)N(N)c2ccc(Oc3ccc(N)cc3)c(Cl)c2)c1. The first-order chi connectivity index (χ1) is 13.3. The van der Waals surface area contributed by atoms with Gasteiger partial charge in [-0.1, -0.05) is 17.7 Å². The molecule has 3 aromatic carbocycles. The second-order valence-corrected chi connectivity index (χ2v) is 6.85. The number of aromatic hydroxyl groups is 1. The number of benzene rings is 3. The van der Waals surface area contributed by atoms with Crippen LogP contribution < -0.4 is 21.3 Å². The molecule has 0 fully saturated rings. The summed E-state index contributed by atoms with van der Waals surface area (Å²) in [5.74, 6) is 6.32. The van der Waals surface area contributed by atoms with Gasteiger partial charge in [-0.05, 0) is 73.5 Å². The van der Waals surface area contributed by atoms with Gasteiger partial charge < -0.3 is 15.6 Å². The molecule has 144 valence electrons. The minimum atomic E-state index is -0.549. The van der Waals surface area contributed by atoms with Crippen LogP contribution in [-0.4, -0.2) is 11.0 Å². The summed E-state index contributed by atoms with van der Waals surface area (Å²) in [6.07, 6.45) is 0. The molecule has 0 aliphatic heterocycles. The number of hydrogen-bond donors (Lipinski definition) is 3. The fraction of sp³-hybridized carbons (Fsp3) is 0.0952. The number of nitrogen functional groups attached to an aromatic ring is 1. The van der Waals surface area contributed by atoms with Gasteiger partial charge >= 0.3 is 0 Å². The van der Waals surface area contributed by atoms with Gasteiger partial charge in [0.1, 0.15) is 17.2 Å². The second-order valence-electron chi connectivity index (χ2n) is 6.44. The van der Waals surface area contributed by atoms with Crippen LogP contribution in [0.2, 0.25) is 5.02 Å². The lowest BCUT2D eigenvalue weighted by atomic mass is 10.0. The maximum absolute atomic E-state index is 12.7. The van der Waals surface area contributed by atoms with E-state index in [1.165, 1.54) is 6.07 Å². The van der Waals surface area contributed by atoms with Crippen LogP contribution in [0.5, 0.6) is 17.2 Å². The lowest BCUT2D eigenvalue weighted by Gasteiger charge is -2.19. The molecule has 28 heavy (non-hydrogen) atoms. The Bertz CT molecular complexity index is 1040. The van der Waals surface area contributed by atoms with Gasteiger partial charge in [0.25, 0.3) is 5.91 Å². The fourth-order valence-corrected chi connectivity index (χ4v) is 2.97. The Morgan fingerprint density at radius 1 is 1.07 bits per heavy atom. The van der Waals surface area contributed by atoms with E-state index in [1.54, 1.807) is 55.5 Å². The number of phenols is 1. The number of hydrogen-bond acceptors (Lipinski definition) is 5. The van der Waals surface area contributed by atoms with E-state index >= 15 is 0 Å². The number of halogens is 1. The highest BCUT2D eigenvalue weighted by Gasteiger charge is 2.20. The fourth-order valence-electron chi connectivity index (χ4n) is 2.76. The third-order valence-corrected chi connectivity index (χ3v) is 4.49. The van der Waals surface area contributed by atoms with E-state index in [1.807, 2.05) is 6.92 Å². The average Bonchev–Trinajstić information content (AvgIpc) is 2.66. The number of nitrogens with two attached hydrogens (primary N) is 2. The van der Waals surface area contributed by atoms with Crippen LogP contribution in [0.4, 0.5) is 11.4 Å². The molecule has 0 heterocycles. The van der Waals surface area contributed by atoms with Crippen LogP contribution in [0, 0.1) is 13.8 Å². The lowest BCUT2D eigenvalue weighted by molar-refractivity contribution is 0.0984. The van der Waals surface area contributed by atoms with Gasteiger partial charge in [-0.25, -0.2) is 10.9 Å². The summed E-state index contributed by atoms with van der Waals surface area (Å²) >= 11 is 6.29. The summed E-state index contributed by atoms with van der Waals surface area (Å²) in [6, 6.07) is 15.0. The predicted molar refractivity (Wildman–Crippen MR) is 111 cm³/mol. The Morgan fingerprint density at radius 3 is 2.39 bits per heavy atom. The maximum Gasteiger partial charge on any atom is 0.276 e. The van der Waals surface area contributed by atoms with E-state index in [0.29, 0.717) is 28.4 Å². The van der Waals surface area contributed by atoms with Crippen molar-refractivity contribution < 1.29 is 14.6 Å². The molecular formula is C21H20ClN3O3. The van der Waals surface area contributed by atoms with Crippen molar-refractivity contribution in [1.82, 2.24) is 0 Å². The third kappa shape index (κ3) is 4.03. The van der Waals surface area contributed by atoms with E-state index in [2.05, 4.69) is 0 Å². The largest absolute Gasteiger partial charge is 0.507 e. The van der Waals surface area contributed by atoms with Gasteiger partial charge in [0, 0.05) is 5.69 Å². The monoisotopic (exact) mass is 397 g/mol. The highest BCUT2D eigenvalue weighted by atomic mass is 35.5. The Kier molecular flexibility index (Phi) is 5.44. The molecular weight excluding hydrogens is 378 g/mol. The number of nitrogens with zero attached hydrogens (tertiary/aromatic N) is 1. The number of phenolic OH excluding ortho intramolecular Hbond substituents is 1. The van der Waals surface area contributed by atoms with Gasteiger partial charge in [0.2, 0.25) is 0 Å². The molecule has 3 rings (SSSR count). The second kappa shape index (κ2) is 7.80. The number of amides is 1. The minimum Gasteiger partial charge on any atom is -0.507 e. The highest BCUT2D eigenvalue weighted by molar-refractivity contribution is 6.32. The molecule has 0 atom stereocenters. The maximum atomic E-state index is 12.7. The first kappa shape index (κ1) is 19.5. The van der Waals surface area contributed by atoms with Crippen molar-refractivity contribution in [2.24, 2.45) is 5.84 Å². The normalized spacial score (nSPS) is 10.6. The number of ether oxygens (including phenoxy) is 1. The number of hydrazine groups is 1. The summed E-state index contributed by atoms with van der Waals surface area (Å²) in [4.78, 5) is 12.7. The number of carbonyl (C=O) groups excluding carboxylic acids is 1.